The highest BCUT2D eigenvalue weighted by molar-refractivity contribution is 6.30. The lowest BCUT2D eigenvalue weighted by molar-refractivity contribution is 0.102. The first kappa shape index (κ1) is 13.4. The lowest BCUT2D eigenvalue weighted by Crippen LogP contribution is -2.13. The van der Waals surface area contributed by atoms with E-state index < -0.39 is 0 Å². The maximum absolute atomic E-state index is 12.1. The quantitative estimate of drug-likeness (QED) is 0.819. The van der Waals surface area contributed by atoms with Crippen molar-refractivity contribution >= 4 is 28.9 Å². The van der Waals surface area contributed by atoms with E-state index in [1.807, 2.05) is 26.0 Å². The number of benzene rings is 2. The van der Waals surface area contributed by atoms with Gasteiger partial charge in [-0.15, -0.1) is 0 Å². The summed E-state index contributed by atoms with van der Waals surface area (Å²) in [4.78, 5) is 12.1. The SMILES string of the molecule is Cc1ccc(NC(=O)c2ccc(Cl)cc2C)cc1N. The largest absolute Gasteiger partial charge is 0.398 e. The normalized spacial score (nSPS) is 10.3. The molecule has 0 aliphatic carbocycles. The molecule has 3 N–H and O–H groups in total. The van der Waals surface area contributed by atoms with Crippen LogP contribution >= 0.6 is 11.6 Å². The summed E-state index contributed by atoms with van der Waals surface area (Å²) in [5, 5.41) is 3.44. The van der Waals surface area contributed by atoms with Gasteiger partial charge < -0.3 is 11.1 Å². The summed E-state index contributed by atoms with van der Waals surface area (Å²) in [6, 6.07) is 10.6. The summed E-state index contributed by atoms with van der Waals surface area (Å²) in [6.07, 6.45) is 0. The number of nitrogens with two attached hydrogens (primary N) is 1. The molecule has 2 rings (SSSR count). The summed E-state index contributed by atoms with van der Waals surface area (Å²) in [6.45, 7) is 3.77. The molecule has 3 nitrogen and oxygen atoms in total. The van der Waals surface area contributed by atoms with Gasteiger partial charge in [-0.3, -0.25) is 4.79 Å². The molecule has 1 amide bonds. The van der Waals surface area contributed by atoms with Gasteiger partial charge in [-0.1, -0.05) is 17.7 Å². The van der Waals surface area contributed by atoms with Crippen molar-refractivity contribution < 1.29 is 4.79 Å². The maximum atomic E-state index is 12.1. The monoisotopic (exact) mass is 274 g/mol. The molecule has 0 spiro atoms. The van der Waals surface area contributed by atoms with Crippen LogP contribution < -0.4 is 11.1 Å². The molecule has 0 bridgehead atoms. The summed E-state index contributed by atoms with van der Waals surface area (Å²) in [7, 11) is 0. The van der Waals surface area contributed by atoms with Crippen molar-refractivity contribution in [3.63, 3.8) is 0 Å². The van der Waals surface area contributed by atoms with Gasteiger partial charge in [0.25, 0.3) is 5.91 Å². The Morgan fingerprint density at radius 3 is 2.47 bits per heavy atom. The number of carbonyl (C=O) groups is 1. The Bertz CT molecular complexity index is 638. The molecule has 2 aromatic carbocycles. The molecule has 0 heterocycles. The predicted octanol–water partition coefficient (Wildman–Crippen LogP) is 3.79. The van der Waals surface area contributed by atoms with Crippen molar-refractivity contribution in [3.8, 4) is 0 Å². The van der Waals surface area contributed by atoms with E-state index in [2.05, 4.69) is 5.32 Å². The predicted molar refractivity (Wildman–Crippen MR) is 79.7 cm³/mol. The topological polar surface area (TPSA) is 55.1 Å². The van der Waals surface area contributed by atoms with Gasteiger partial charge >= 0.3 is 0 Å². The number of aryl methyl sites for hydroxylation is 2. The first-order valence-corrected chi connectivity index (χ1v) is 6.29. The summed E-state index contributed by atoms with van der Waals surface area (Å²) < 4.78 is 0. The molecule has 0 unspecified atom stereocenters. The van der Waals surface area contributed by atoms with Crippen LogP contribution in [-0.4, -0.2) is 5.91 Å². The second-order valence-corrected chi connectivity index (χ2v) is 4.92. The highest BCUT2D eigenvalue weighted by Gasteiger charge is 2.09. The highest BCUT2D eigenvalue weighted by Crippen LogP contribution is 2.20. The zero-order chi connectivity index (χ0) is 14.0. The van der Waals surface area contributed by atoms with E-state index >= 15 is 0 Å². The van der Waals surface area contributed by atoms with Crippen molar-refractivity contribution in [3.05, 3.63) is 58.1 Å². The van der Waals surface area contributed by atoms with Gasteiger partial charge in [-0.05, 0) is 55.3 Å². The fraction of sp³-hybridized carbons (Fsp3) is 0.133. The maximum Gasteiger partial charge on any atom is 0.255 e. The summed E-state index contributed by atoms with van der Waals surface area (Å²) in [5.41, 5.74) is 9.58. The summed E-state index contributed by atoms with van der Waals surface area (Å²) >= 11 is 5.87. The Labute approximate surface area is 117 Å². The number of rotatable bonds is 2. The van der Waals surface area contributed by atoms with Crippen molar-refractivity contribution in [2.45, 2.75) is 13.8 Å². The number of amides is 1. The third kappa shape index (κ3) is 3.06. The Balaban J connectivity index is 2.23. The number of hydrogen-bond acceptors (Lipinski definition) is 2. The average molecular weight is 275 g/mol. The number of halogens is 1. The Kier molecular flexibility index (Phi) is 3.76. The van der Waals surface area contributed by atoms with E-state index in [1.165, 1.54) is 0 Å². The fourth-order valence-corrected chi connectivity index (χ4v) is 2.03. The minimum Gasteiger partial charge on any atom is -0.398 e. The minimum atomic E-state index is -0.169. The number of anilines is 2. The molecule has 0 aliphatic rings. The van der Waals surface area contributed by atoms with Gasteiger partial charge in [0, 0.05) is 22.0 Å². The van der Waals surface area contributed by atoms with Crippen LogP contribution in [0.5, 0.6) is 0 Å². The van der Waals surface area contributed by atoms with Crippen molar-refractivity contribution in [1.82, 2.24) is 0 Å². The van der Waals surface area contributed by atoms with E-state index in [1.54, 1.807) is 24.3 Å². The standard InChI is InChI=1S/C15H15ClN2O/c1-9-3-5-12(8-14(9)17)18-15(19)13-6-4-11(16)7-10(13)2/h3-8H,17H2,1-2H3,(H,18,19). The van der Waals surface area contributed by atoms with Gasteiger partial charge in [-0.2, -0.15) is 0 Å². The number of nitrogens with one attached hydrogen (secondary N) is 1. The zero-order valence-electron chi connectivity index (χ0n) is 10.8. The minimum absolute atomic E-state index is 0.169. The Hall–Kier alpha value is -2.00. The van der Waals surface area contributed by atoms with Crippen molar-refractivity contribution in [1.29, 1.82) is 0 Å². The molecule has 0 saturated carbocycles. The van der Waals surface area contributed by atoms with E-state index in [0.29, 0.717) is 22.0 Å². The second-order valence-electron chi connectivity index (χ2n) is 4.48. The van der Waals surface area contributed by atoms with Crippen LogP contribution in [0.1, 0.15) is 21.5 Å². The fourth-order valence-electron chi connectivity index (χ4n) is 1.80. The number of carbonyl (C=O) groups excluding carboxylic acids is 1. The van der Waals surface area contributed by atoms with E-state index in [0.717, 1.165) is 11.1 Å². The molecule has 0 aliphatic heterocycles. The second kappa shape index (κ2) is 5.33. The van der Waals surface area contributed by atoms with Gasteiger partial charge in [0.2, 0.25) is 0 Å². The van der Waals surface area contributed by atoms with Crippen LogP contribution in [0, 0.1) is 13.8 Å². The molecule has 98 valence electrons. The summed E-state index contributed by atoms with van der Waals surface area (Å²) in [5.74, 6) is -0.169. The van der Waals surface area contributed by atoms with Crippen LogP contribution in [0.4, 0.5) is 11.4 Å². The van der Waals surface area contributed by atoms with Gasteiger partial charge in [0.05, 0.1) is 0 Å². The lowest BCUT2D eigenvalue weighted by atomic mass is 10.1. The van der Waals surface area contributed by atoms with E-state index in [4.69, 9.17) is 17.3 Å². The molecule has 0 aromatic heterocycles. The first-order chi connectivity index (χ1) is 8.97. The lowest BCUT2D eigenvalue weighted by Gasteiger charge is -2.09. The van der Waals surface area contributed by atoms with Crippen LogP contribution in [0.15, 0.2) is 36.4 Å². The molecule has 2 aromatic rings. The van der Waals surface area contributed by atoms with Crippen LogP contribution in [0.2, 0.25) is 5.02 Å². The molecule has 4 heteroatoms. The van der Waals surface area contributed by atoms with Crippen LogP contribution in [0.25, 0.3) is 0 Å². The van der Waals surface area contributed by atoms with Crippen LogP contribution in [0.3, 0.4) is 0 Å². The Morgan fingerprint density at radius 1 is 1.11 bits per heavy atom. The van der Waals surface area contributed by atoms with Crippen molar-refractivity contribution in [2.24, 2.45) is 0 Å². The van der Waals surface area contributed by atoms with Gasteiger partial charge in [0.15, 0.2) is 0 Å². The number of nitrogen functional groups attached to an aromatic ring is 1. The molecular formula is C15H15ClN2O. The molecule has 19 heavy (non-hydrogen) atoms. The molecule has 0 atom stereocenters. The third-order valence-corrected chi connectivity index (χ3v) is 3.21. The molecule has 0 fully saturated rings. The van der Waals surface area contributed by atoms with E-state index in [9.17, 15) is 4.79 Å². The first-order valence-electron chi connectivity index (χ1n) is 5.91. The molecular weight excluding hydrogens is 260 g/mol. The van der Waals surface area contributed by atoms with E-state index in [-0.39, 0.29) is 5.91 Å². The highest BCUT2D eigenvalue weighted by atomic mass is 35.5. The van der Waals surface area contributed by atoms with Crippen LogP contribution in [-0.2, 0) is 0 Å². The third-order valence-electron chi connectivity index (χ3n) is 2.97. The molecule has 0 saturated heterocycles. The number of hydrogen-bond donors (Lipinski definition) is 2. The smallest absolute Gasteiger partial charge is 0.255 e. The van der Waals surface area contributed by atoms with Gasteiger partial charge in [-0.25, -0.2) is 0 Å². The average Bonchev–Trinajstić information content (AvgIpc) is 2.33. The van der Waals surface area contributed by atoms with Gasteiger partial charge in [0.1, 0.15) is 0 Å². The molecule has 0 radical (unpaired) electrons. The van der Waals surface area contributed by atoms with Crippen molar-refractivity contribution in [2.75, 3.05) is 11.1 Å². The zero-order valence-corrected chi connectivity index (χ0v) is 11.6. The Morgan fingerprint density at radius 2 is 1.84 bits per heavy atom.